The number of fused-ring (bicyclic) bond motifs is 1. The number of alkyl halides is 3. The molecule has 33 heavy (non-hydrogen) atoms. The lowest BCUT2D eigenvalue weighted by atomic mass is 10.1. The molecule has 0 unspecified atom stereocenters. The fraction of sp³-hybridized carbons (Fsp3) is 0.261. The average molecular weight is 489 g/mol. The van der Waals surface area contributed by atoms with Crippen LogP contribution in [0.5, 0.6) is 0 Å². The van der Waals surface area contributed by atoms with Crippen LogP contribution in [0.2, 0.25) is 0 Å². The van der Waals surface area contributed by atoms with E-state index in [0.717, 1.165) is 46.7 Å². The summed E-state index contributed by atoms with van der Waals surface area (Å²) >= 11 is 2.80. The normalized spacial score (nSPS) is 15.2. The number of hydrogen-bond donors (Lipinski definition) is 0. The van der Waals surface area contributed by atoms with E-state index in [-0.39, 0.29) is 0 Å². The van der Waals surface area contributed by atoms with Gasteiger partial charge in [-0.1, -0.05) is 30.3 Å². The SMILES string of the molecule is FC(F)(F)c1ccc(Sc2nc(CN3CCOCC3)nc3scc(-c4ccccc4)c23)nc1. The van der Waals surface area contributed by atoms with Crippen molar-refractivity contribution in [2.24, 2.45) is 0 Å². The van der Waals surface area contributed by atoms with Crippen LogP contribution >= 0.6 is 23.1 Å². The van der Waals surface area contributed by atoms with Crippen molar-refractivity contribution in [2.75, 3.05) is 26.3 Å². The first-order valence-electron chi connectivity index (χ1n) is 10.3. The molecule has 170 valence electrons. The number of thiophene rings is 1. The fourth-order valence-electron chi connectivity index (χ4n) is 3.59. The smallest absolute Gasteiger partial charge is 0.379 e. The van der Waals surface area contributed by atoms with Crippen LogP contribution in [0.4, 0.5) is 13.2 Å². The first-order valence-corrected chi connectivity index (χ1v) is 12.0. The first-order chi connectivity index (χ1) is 16.0. The topological polar surface area (TPSA) is 51.1 Å². The molecular weight excluding hydrogens is 469 g/mol. The molecule has 0 atom stereocenters. The lowest BCUT2D eigenvalue weighted by molar-refractivity contribution is -0.137. The molecule has 0 N–H and O–H groups in total. The summed E-state index contributed by atoms with van der Waals surface area (Å²) in [6.45, 7) is 3.56. The molecule has 1 fully saturated rings. The Morgan fingerprint density at radius 1 is 1.03 bits per heavy atom. The quantitative estimate of drug-likeness (QED) is 0.333. The van der Waals surface area contributed by atoms with Crippen molar-refractivity contribution < 1.29 is 17.9 Å². The van der Waals surface area contributed by atoms with E-state index in [0.29, 0.717) is 35.6 Å². The molecule has 1 saturated heterocycles. The van der Waals surface area contributed by atoms with E-state index < -0.39 is 11.7 Å². The van der Waals surface area contributed by atoms with Crippen molar-refractivity contribution in [1.82, 2.24) is 19.9 Å². The summed E-state index contributed by atoms with van der Waals surface area (Å²) in [6.07, 6.45) is -3.56. The molecule has 4 heterocycles. The highest BCUT2D eigenvalue weighted by Gasteiger charge is 2.30. The highest BCUT2D eigenvalue weighted by Crippen LogP contribution is 2.40. The van der Waals surface area contributed by atoms with Crippen LogP contribution in [-0.2, 0) is 17.5 Å². The number of benzene rings is 1. The number of rotatable bonds is 5. The Morgan fingerprint density at radius 2 is 1.82 bits per heavy atom. The maximum Gasteiger partial charge on any atom is 0.417 e. The minimum atomic E-state index is -4.42. The zero-order valence-electron chi connectivity index (χ0n) is 17.4. The van der Waals surface area contributed by atoms with Gasteiger partial charge < -0.3 is 4.74 Å². The van der Waals surface area contributed by atoms with Crippen LogP contribution in [-0.4, -0.2) is 46.2 Å². The monoisotopic (exact) mass is 488 g/mol. The highest BCUT2D eigenvalue weighted by atomic mass is 32.2. The number of aromatic nitrogens is 3. The highest BCUT2D eigenvalue weighted by molar-refractivity contribution is 7.99. The van der Waals surface area contributed by atoms with Gasteiger partial charge in [-0.2, -0.15) is 13.2 Å². The molecular formula is C23H19F3N4OS2. The van der Waals surface area contributed by atoms with E-state index in [1.54, 1.807) is 0 Å². The Morgan fingerprint density at radius 3 is 2.52 bits per heavy atom. The van der Waals surface area contributed by atoms with E-state index in [1.807, 2.05) is 30.3 Å². The third-order valence-electron chi connectivity index (χ3n) is 5.27. The van der Waals surface area contributed by atoms with Gasteiger partial charge in [0.15, 0.2) is 0 Å². The minimum absolute atomic E-state index is 0.450. The summed E-state index contributed by atoms with van der Waals surface area (Å²) in [5.41, 5.74) is 1.27. The van der Waals surface area contributed by atoms with Gasteiger partial charge in [0.2, 0.25) is 0 Å². The molecule has 5 nitrogen and oxygen atoms in total. The number of morpholine rings is 1. The van der Waals surface area contributed by atoms with Crippen molar-refractivity contribution in [3.8, 4) is 11.1 Å². The third-order valence-corrected chi connectivity index (χ3v) is 7.08. The zero-order valence-corrected chi connectivity index (χ0v) is 19.0. The maximum absolute atomic E-state index is 12.9. The largest absolute Gasteiger partial charge is 0.417 e. The fourth-order valence-corrected chi connectivity index (χ4v) is 5.52. The Kier molecular flexibility index (Phi) is 6.33. The second kappa shape index (κ2) is 9.38. The second-order valence-electron chi connectivity index (χ2n) is 7.51. The van der Waals surface area contributed by atoms with Gasteiger partial charge in [0, 0.05) is 30.2 Å². The van der Waals surface area contributed by atoms with Gasteiger partial charge in [0.05, 0.1) is 30.7 Å². The van der Waals surface area contributed by atoms with E-state index in [9.17, 15) is 13.2 Å². The minimum Gasteiger partial charge on any atom is -0.379 e. The lowest BCUT2D eigenvalue weighted by Crippen LogP contribution is -2.36. The van der Waals surface area contributed by atoms with Crippen molar-refractivity contribution in [1.29, 1.82) is 0 Å². The van der Waals surface area contributed by atoms with Crippen LogP contribution < -0.4 is 0 Å². The molecule has 4 aromatic rings. The molecule has 0 bridgehead atoms. The van der Waals surface area contributed by atoms with Crippen LogP contribution in [0, 0.1) is 0 Å². The van der Waals surface area contributed by atoms with Gasteiger partial charge in [0.1, 0.15) is 20.7 Å². The molecule has 5 rings (SSSR count). The van der Waals surface area contributed by atoms with Gasteiger partial charge in [-0.25, -0.2) is 15.0 Å². The Hall–Kier alpha value is -2.53. The van der Waals surface area contributed by atoms with Crippen LogP contribution in [0.15, 0.2) is 64.1 Å². The molecule has 1 aliphatic heterocycles. The molecule has 0 spiro atoms. The van der Waals surface area contributed by atoms with E-state index in [4.69, 9.17) is 14.7 Å². The van der Waals surface area contributed by atoms with Gasteiger partial charge >= 0.3 is 6.18 Å². The van der Waals surface area contributed by atoms with E-state index in [2.05, 4.69) is 15.3 Å². The standard InChI is InChI=1S/C23H19F3N4OS2/c24-23(25,26)16-6-7-19(27-12-16)33-22-20-17(15-4-2-1-3-5-15)14-32-21(20)28-18(29-22)13-30-8-10-31-11-9-30/h1-7,12,14H,8-11,13H2. The predicted octanol–water partition coefficient (Wildman–Crippen LogP) is 5.76. The first kappa shape index (κ1) is 22.3. The Labute approximate surface area is 196 Å². The summed E-state index contributed by atoms with van der Waals surface area (Å²) in [7, 11) is 0. The van der Waals surface area contributed by atoms with Gasteiger partial charge in [-0.05, 0) is 29.5 Å². The number of ether oxygens (including phenoxy) is 1. The number of nitrogens with zero attached hydrogens (tertiary/aromatic N) is 4. The average Bonchev–Trinajstić information content (AvgIpc) is 3.24. The van der Waals surface area contributed by atoms with Crippen LogP contribution in [0.25, 0.3) is 21.3 Å². The van der Waals surface area contributed by atoms with Gasteiger partial charge in [-0.15, -0.1) is 11.3 Å². The van der Waals surface area contributed by atoms with Gasteiger partial charge in [-0.3, -0.25) is 4.90 Å². The molecule has 0 saturated carbocycles. The van der Waals surface area contributed by atoms with E-state index >= 15 is 0 Å². The van der Waals surface area contributed by atoms with Crippen molar-refractivity contribution in [2.45, 2.75) is 22.8 Å². The summed E-state index contributed by atoms with van der Waals surface area (Å²) in [5, 5.41) is 4.09. The molecule has 3 aromatic heterocycles. The number of pyridine rings is 1. The molecule has 0 radical (unpaired) electrons. The Bertz CT molecular complexity index is 1240. The van der Waals surface area contributed by atoms with E-state index in [1.165, 1.54) is 29.2 Å². The second-order valence-corrected chi connectivity index (χ2v) is 9.38. The van der Waals surface area contributed by atoms with Crippen molar-refractivity contribution in [3.63, 3.8) is 0 Å². The molecule has 1 aliphatic rings. The van der Waals surface area contributed by atoms with Crippen molar-refractivity contribution in [3.05, 3.63) is 65.4 Å². The number of hydrogen-bond acceptors (Lipinski definition) is 7. The molecule has 10 heteroatoms. The van der Waals surface area contributed by atoms with Crippen molar-refractivity contribution >= 4 is 33.3 Å². The molecule has 0 amide bonds. The third kappa shape index (κ3) is 5.03. The predicted molar refractivity (Wildman–Crippen MR) is 122 cm³/mol. The Balaban J connectivity index is 1.55. The maximum atomic E-state index is 12.9. The van der Waals surface area contributed by atoms with Crippen LogP contribution in [0.3, 0.4) is 0 Å². The molecule has 0 aliphatic carbocycles. The van der Waals surface area contributed by atoms with Gasteiger partial charge in [0.25, 0.3) is 0 Å². The molecule has 1 aromatic carbocycles. The van der Waals surface area contributed by atoms with Crippen LogP contribution in [0.1, 0.15) is 11.4 Å². The zero-order chi connectivity index (χ0) is 22.8. The summed E-state index contributed by atoms with van der Waals surface area (Å²) < 4.78 is 44.3. The lowest BCUT2D eigenvalue weighted by Gasteiger charge is -2.25. The summed E-state index contributed by atoms with van der Waals surface area (Å²) in [5.74, 6) is 0.681. The number of halogens is 3. The summed E-state index contributed by atoms with van der Waals surface area (Å²) in [6, 6.07) is 12.4. The summed E-state index contributed by atoms with van der Waals surface area (Å²) in [4.78, 5) is 16.8.